The number of methoxy groups -OCH3 is 1. The first-order chi connectivity index (χ1) is 15.9. The molecular weight excluding hydrogens is 452 g/mol. The minimum absolute atomic E-state index is 0.0966. The van der Waals surface area contributed by atoms with Crippen molar-refractivity contribution in [2.24, 2.45) is 0 Å². The third-order valence-electron chi connectivity index (χ3n) is 4.84. The van der Waals surface area contributed by atoms with Crippen molar-refractivity contribution in [1.29, 1.82) is 0 Å². The second-order valence-electron chi connectivity index (χ2n) is 6.98. The van der Waals surface area contributed by atoms with E-state index in [1.165, 1.54) is 18.2 Å². The SMILES string of the molecule is COc1ccc(-c2cc([N+](=O)[O-])ccc2OCC(=O)Nc2cc3c(cc2Cl)OCCO3)cc1. The van der Waals surface area contributed by atoms with Gasteiger partial charge in [0, 0.05) is 29.8 Å². The van der Waals surface area contributed by atoms with Gasteiger partial charge >= 0.3 is 0 Å². The van der Waals surface area contributed by atoms with Crippen LogP contribution >= 0.6 is 11.6 Å². The summed E-state index contributed by atoms with van der Waals surface area (Å²) in [5.41, 5.74) is 1.40. The summed E-state index contributed by atoms with van der Waals surface area (Å²) in [4.78, 5) is 23.3. The van der Waals surface area contributed by atoms with Crippen LogP contribution in [0.5, 0.6) is 23.0 Å². The van der Waals surface area contributed by atoms with Crippen molar-refractivity contribution in [2.45, 2.75) is 0 Å². The maximum Gasteiger partial charge on any atom is 0.270 e. The summed E-state index contributed by atoms with van der Waals surface area (Å²) < 4.78 is 21.8. The molecule has 0 radical (unpaired) electrons. The number of non-ortho nitro benzene ring substituents is 1. The molecule has 170 valence electrons. The monoisotopic (exact) mass is 470 g/mol. The Hall–Kier alpha value is -3.98. The van der Waals surface area contributed by atoms with E-state index < -0.39 is 10.8 Å². The van der Waals surface area contributed by atoms with Gasteiger partial charge in [0.1, 0.15) is 24.7 Å². The number of anilines is 1. The van der Waals surface area contributed by atoms with Crippen molar-refractivity contribution in [2.75, 3.05) is 32.2 Å². The number of hydrogen-bond donors (Lipinski definition) is 1. The minimum atomic E-state index is -0.493. The fraction of sp³-hybridized carbons (Fsp3) is 0.174. The number of nitrogens with zero attached hydrogens (tertiary/aromatic N) is 1. The summed E-state index contributed by atoms with van der Waals surface area (Å²) >= 11 is 6.23. The van der Waals surface area contributed by atoms with Gasteiger partial charge in [0.2, 0.25) is 0 Å². The maximum absolute atomic E-state index is 12.5. The largest absolute Gasteiger partial charge is 0.497 e. The number of rotatable bonds is 7. The highest BCUT2D eigenvalue weighted by molar-refractivity contribution is 6.34. The van der Waals surface area contributed by atoms with Crippen molar-refractivity contribution >= 4 is 28.9 Å². The van der Waals surface area contributed by atoms with Crippen LogP contribution < -0.4 is 24.3 Å². The Morgan fingerprint density at radius 1 is 1.09 bits per heavy atom. The molecule has 1 N–H and O–H groups in total. The number of halogens is 1. The first-order valence-corrected chi connectivity index (χ1v) is 10.3. The molecule has 1 aliphatic heterocycles. The van der Waals surface area contributed by atoms with E-state index in [0.717, 1.165) is 0 Å². The normalized spacial score (nSPS) is 12.1. The smallest absolute Gasteiger partial charge is 0.270 e. The quantitative estimate of drug-likeness (QED) is 0.393. The Balaban J connectivity index is 1.51. The average Bonchev–Trinajstić information content (AvgIpc) is 2.83. The van der Waals surface area contributed by atoms with E-state index in [0.29, 0.717) is 58.0 Å². The van der Waals surface area contributed by atoms with E-state index in [1.807, 2.05) is 0 Å². The summed E-state index contributed by atoms with van der Waals surface area (Å²) in [5.74, 6) is 1.48. The van der Waals surface area contributed by atoms with Gasteiger partial charge in [0.25, 0.3) is 11.6 Å². The van der Waals surface area contributed by atoms with Crippen LogP contribution in [0.15, 0.2) is 54.6 Å². The zero-order chi connectivity index (χ0) is 23.4. The molecule has 3 aromatic rings. The molecule has 0 saturated carbocycles. The number of benzene rings is 3. The molecule has 3 aromatic carbocycles. The Morgan fingerprint density at radius 3 is 2.45 bits per heavy atom. The second-order valence-corrected chi connectivity index (χ2v) is 7.39. The lowest BCUT2D eigenvalue weighted by Gasteiger charge is -2.20. The van der Waals surface area contributed by atoms with Crippen LogP contribution in [0.2, 0.25) is 5.02 Å². The van der Waals surface area contributed by atoms with Crippen LogP contribution in [-0.4, -0.2) is 37.8 Å². The van der Waals surface area contributed by atoms with Crippen molar-refractivity contribution in [3.63, 3.8) is 0 Å². The lowest BCUT2D eigenvalue weighted by Crippen LogP contribution is -2.21. The molecule has 1 heterocycles. The standard InChI is InChI=1S/C23H19ClN2O7/c1-30-16-5-2-14(3-6-16)17-10-15(26(28)29)4-7-20(17)33-13-23(27)25-19-12-22-21(11-18(19)24)31-8-9-32-22/h2-7,10-12H,8-9,13H2,1H3,(H,25,27). The summed E-state index contributed by atoms with van der Waals surface area (Å²) in [6, 6.07) is 14.3. The third kappa shape index (κ3) is 5.09. The summed E-state index contributed by atoms with van der Waals surface area (Å²) in [5, 5.41) is 14.2. The fourth-order valence-electron chi connectivity index (χ4n) is 3.24. The van der Waals surface area contributed by atoms with E-state index in [1.54, 1.807) is 43.5 Å². The predicted molar refractivity (Wildman–Crippen MR) is 122 cm³/mol. The van der Waals surface area contributed by atoms with E-state index in [4.69, 9.17) is 30.5 Å². The number of hydrogen-bond acceptors (Lipinski definition) is 7. The molecule has 1 aliphatic rings. The van der Waals surface area contributed by atoms with E-state index in [-0.39, 0.29) is 12.3 Å². The Labute approximate surface area is 193 Å². The molecule has 0 bridgehead atoms. The number of nitro benzene ring substituents is 1. The van der Waals surface area contributed by atoms with Crippen LogP contribution in [-0.2, 0) is 4.79 Å². The van der Waals surface area contributed by atoms with E-state index in [9.17, 15) is 14.9 Å². The van der Waals surface area contributed by atoms with Gasteiger partial charge in [0.15, 0.2) is 18.1 Å². The Morgan fingerprint density at radius 2 is 1.79 bits per heavy atom. The summed E-state index contributed by atoms with van der Waals surface area (Å²) in [7, 11) is 1.55. The molecule has 0 unspecified atom stereocenters. The van der Waals surface area contributed by atoms with Gasteiger partial charge in [-0.1, -0.05) is 23.7 Å². The van der Waals surface area contributed by atoms with E-state index >= 15 is 0 Å². The number of nitro groups is 1. The van der Waals surface area contributed by atoms with Crippen LogP contribution in [0.1, 0.15) is 0 Å². The number of amides is 1. The number of carbonyl (C=O) groups excluding carboxylic acids is 1. The van der Waals surface area contributed by atoms with Crippen molar-refractivity contribution < 1.29 is 28.7 Å². The first kappa shape index (κ1) is 22.2. The molecule has 0 saturated heterocycles. The number of carbonyl (C=O) groups is 1. The molecule has 0 aromatic heterocycles. The maximum atomic E-state index is 12.5. The van der Waals surface area contributed by atoms with Crippen molar-refractivity contribution in [3.8, 4) is 34.1 Å². The highest BCUT2D eigenvalue weighted by atomic mass is 35.5. The Kier molecular flexibility index (Phi) is 6.50. The molecule has 0 spiro atoms. The van der Waals surface area contributed by atoms with Crippen molar-refractivity contribution in [3.05, 3.63) is 69.7 Å². The molecule has 9 nitrogen and oxygen atoms in total. The summed E-state index contributed by atoms with van der Waals surface area (Å²) in [6.45, 7) is 0.486. The van der Waals surface area contributed by atoms with Crippen LogP contribution in [0, 0.1) is 10.1 Å². The van der Waals surface area contributed by atoms with Gasteiger partial charge in [0.05, 0.1) is 22.7 Å². The van der Waals surface area contributed by atoms with Crippen LogP contribution in [0.4, 0.5) is 11.4 Å². The fourth-order valence-corrected chi connectivity index (χ4v) is 3.44. The predicted octanol–water partition coefficient (Wildman–Crippen LogP) is 4.71. The number of ether oxygens (including phenoxy) is 4. The number of nitrogens with one attached hydrogen (secondary N) is 1. The topological polar surface area (TPSA) is 109 Å². The van der Waals surface area contributed by atoms with Gasteiger partial charge in [-0.25, -0.2) is 0 Å². The highest BCUT2D eigenvalue weighted by Gasteiger charge is 2.18. The van der Waals surface area contributed by atoms with Crippen LogP contribution in [0.25, 0.3) is 11.1 Å². The van der Waals surface area contributed by atoms with E-state index in [2.05, 4.69) is 5.32 Å². The van der Waals surface area contributed by atoms with Gasteiger partial charge in [-0.05, 0) is 23.8 Å². The summed E-state index contributed by atoms with van der Waals surface area (Å²) in [6.07, 6.45) is 0. The zero-order valence-electron chi connectivity index (χ0n) is 17.5. The van der Waals surface area contributed by atoms with Crippen LogP contribution in [0.3, 0.4) is 0 Å². The van der Waals surface area contributed by atoms with Gasteiger partial charge < -0.3 is 24.3 Å². The molecule has 0 fully saturated rings. The van der Waals surface area contributed by atoms with Gasteiger partial charge in [-0.2, -0.15) is 0 Å². The molecule has 0 aliphatic carbocycles. The molecular formula is C23H19ClN2O7. The highest BCUT2D eigenvalue weighted by Crippen LogP contribution is 2.38. The van der Waals surface area contributed by atoms with Gasteiger partial charge in [-0.3, -0.25) is 14.9 Å². The third-order valence-corrected chi connectivity index (χ3v) is 5.15. The van der Waals surface area contributed by atoms with Gasteiger partial charge in [-0.15, -0.1) is 0 Å². The molecule has 0 atom stereocenters. The lowest BCUT2D eigenvalue weighted by molar-refractivity contribution is -0.384. The molecule has 1 amide bonds. The zero-order valence-corrected chi connectivity index (χ0v) is 18.3. The molecule has 4 rings (SSSR count). The lowest BCUT2D eigenvalue weighted by atomic mass is 10.0. The molecule has 10 heteroatoms. The van der Waals surface area contributed by atoms with Crippen molar-refractivity contribution in [1.82, 2.24) is 0 Å². The first-order valence-electron chi connectivity index (χ1n) is 9.89. The minimum Gasteiger partial charge on any atom is -0.497 e. The number of fused-ring (bicyclic) bond motifs is 1. The second kappa shape index (κ2) is 9.66. The molecule has 33 heavy (non-hydrogen) atoms. The Bertz CT molecular complexity index is 1200. The average molecular weight is 471 g/mol.